The van der Waals surface area contributed by atoms with Crippen LogP contribution in [0.2, 0.25) is 0 Å². The summed E-state index contributed by atoms with van der Waals surface area (Å²) in [6, 6.07) is 2.03. The number of hydrogen-bond donors (Lipinski definition) is 1. The molecule has 1 aliphatic heterocycles. The van der Waals surface area contributed by atoms with Gasteiger partial charge in [-0.3, -0.25) is 4.79 Å². The van der Waals surface area contributed by atoms with Gasteiger partial charge in [-0.2, -0.15) is 4.31 Å². The highest BCUT2D eigenvalue weighted by molar-refractivity contribution is 7.89. The van der Waals surface area contributed by atoms with Crippen molar-refractivity contribution < 1.29 is 13.2 Å². The van der Waals surface area contributed by atoms with Crippen LogP contribution in [0.4, 0.5) is 0 Å². The number of nitrogens with one attached hydrogen (secondary N) is 1. The number of carbonyl (C=O) groups is 1. The summed E-state index contributed by atoms with van der Waals surface area (Å²) in [6.45, 7) is 10.1. The molecule has 8 heteroatoms. The summed E-state index contributed by atoms with van der Waals surface area (Å²) >= 11 is 0. The number of carbonyl (C=O) groups excluding carboxylic acids is 1. The van der Waals surface area contributed by atoms with Gasteiger partial charge in [0.2, 0.25) is 15.9 Å². The number of rotatable bonds is 6. The molecule has 0 spiro atoms. The first-order chi connectivity index (χ1) is 12.2. The average Bonchev–Trinajstić information content (AvgIpc) is 2.60. The minimum absolute atomic E-state index is 0. The van der Waals surface area contributed by atoms with Crippen LogP contribution < -0.4 is 5.32 Å². The SMILES string of the molecule is CNCCCC(=O)N1CCN(S(=O)(=O)c2c(C)c(C)cc(C)c2C)CC1.Cl. The molecule has 1 fully saturated rings. The van der Waals surface area contributed by atoms with Crippen molar-refractivity contribution in [2.24, 2.45) is 0 Å². The van der Waals surface area contributed by atoms with Crippen LogP contribution in [-0.4, -0.2) is 63.3 Å². The second kappa shape index (κ2) is 9.87. The normalized spacial score (nSPS) is 15.5. The van der Waals surface area contributed by atoms with Gasteiger partial charge in [0, 0.05) is 32.6 Å². The fourth-order valence-corrected chi connectivity index (χ4v) is 5.45. The Morgan fingerprint density at radius 2 is 1.56 bits per heavy atom. The van der Waals surface area contributed by atoms with Crippen molar-refractivity contribution in [1.29, 1.82) is 0 Å². The van der Waals surface area contributed by atoms with Crippen LogP contribution in [0, 0.1) is 27.7 Å². The Kier molecular flexibility index (Phi) is 8.73. The molecule has 2 rings (SSSR count). The molecule has 1 aromatic rings. The number of hydrogen-bond acceptors (Lipinski definition) is 4. The van der Waals surface area contributed by atoms with E-state index >= 15 is 0 Å². The lowest BCUT2D eigenvalue weighted by molar-refractivity contribution is -0.132. The quantitative estimate of drug-likeness (QED) is 0.720. The number of amides is 1. The minimum Gasteiger partial charge on any atom is -0.340 e. The van der Waals surface area contributed by atoms with E-state index in [0.717, 1.165) is 35.2 Å². The molecule has 1 amide bonds. The van der Waals surface area contributed by atoms with Crippen LogP contribution in [0.1, 0.15) is 35.1 Å². The number of benzene rings is 1. The molecule has 1 heterocycles. The van der Waals surface area contributed by atoms with E-state index in [1.807, 2.05) is 40.8 Å². The highest BCUT2D eigenvalue weighted by Crippen LogP contribution is 2.29. The molecule has 1 aliphatic rings. The number of halogens is 1. The maximum atomic E-state index is 13.2. The summed E-state index contributed by atoms with van der Waals surface area (Å²) in [6.07, 6.45) is 1.30. The Balaban J connectivity index is 0.00000364. The fraction of sp³-hybridized carbons (Fsp3) is 0.632. The molecule has 0 aliphatic carbocycles. The number of piperazine rings is 1. The largest absolute Gasteiger partial charge is 0.340 e. The van der Waals surface area contributed by atoms with E-state index < -0.39 is 10.0 Å². The monoisotopic (exact) mass is 417 g/mol. The van der Waals surface area contributed by atoms with E-state index in [1.54, 1.807) is 4.90 Å². The summed E-state index contributed by atoms with van der Waals surface area (Å²) in [5.74, 6) is 0.107. The van der Waals surface area contributed by atoms with Crippen molar-refractivity contribution >= 4 is 28.3 Å². The smallest absolute Gasteiger partial charge is 0.243 e. The molecule has 0 radical (unpaired) electrons. The van der Waals surface area contributed by atoms with Crippen LogP contribution >= 0.6 is 12.4 Å². The maximum absolute atomic E-state index is 13.2. The predicted molar refractivity (Wildman–Crippen MR) is 111 cm³/mol. The lowest BCUT2D eigenvalue weighted by Gasteiger charge is -2.35. The van der Waals surface area contributed by atoms with Gasteiger partial charge in [0.25, 0.3) is 0 Å². The van der Waals surface area contributed by atoms with Gasteiger partial charge in [-0.1, -0.05) is 6.07 Å². The molecule has 1 N–H and O–H groups in total. The molecule has 6 nitrogen and oxygen atoms in total. The number of aryl methyl sites for hydroxylation is 2. The number of sulfonamides is 1. The third kappa shape index (κ3) is 5.22. The second-order valence-corrected chi connectivity index (χ2v) is 8.96. The Morgan fingerprint density at radius 1 is 1.04 bits per heavy atom. The van der Waals surface area contributed by atoms with Gasteiger partial charge in [-0.25, -0.2) is 8.42 Å². The maximum Gasteiger partial charge on any atom is 0.243 e. The standard InChI is InChI=1S/C19H31N3O3S.ClH/c1-14-13-15(2)17(4)19(16(14)3)26(24,25)22-11-9-21(10-12-22)18(23)7-6-8-20-5;/h13,20H,6-12H2,1-5H3;1H. The Morgan fingerprint density at radius 3 is 2.04 bits per heavy atom. The van der Waals surface area contributed by atoms with Gasteiger partial charge in [0.05, 0.1) is 4.90 Å². The third-order valence-electron chi connectivity index (χ3n) is 5.30. The van der Waals surface area contributed by atoms with Gasteiger partial charge >= 0.3 is 0 Å². The summed E-state index contributed by atoms with van der Waals surface area (Å²) in [5, 5.41) is 3.03. The first-order valence-electron chi connectivity index (χ1n) is 9.20. The minimum atomic E-state index is -3.55. The lowest BCUT2D eigenvalue weighted by Crippen LogP contribution is -2.50. The molecule has 0 aromatic heterocycles. The highest BCUT2D eigenvalue weighted by Gasteiger charge is 2.32. The Hall–Kier alpha value is -1.15. The van der Waals surface area contributed by atoms with Gasteiger partial charge in [-0.05, 0) is 70.0 Å². The molecule has 154 valence electrons. The molecule has 0 bridgehead atoms. The van der Waals surface area contributed by atoms with E-state index in [1.165, 1.54) is 4.31 Å². The molecule has 0 atom stereocenters. The van der Waals surface area contributed by atoms with Gasteiger partial charge < -0.3 is 10.2 Å². The molecule has 27 heavy (non-hydrogen) atoms. The van der Waals surface area contributed by atoms with E-state index in [2.05, 4.69) is 5.32 Å². The first kappa shape index (κ1) is 23.9. The molecule has 1 saturated heterocycles. The van der Waals surface area contributed by atoms with Crippen molar-refractivity contribution in [3.8, 4) is 0 Å². The third-order valence-corrected chi connectivity index (χ3v) is 7.48. The molecule has 0 unspecified atom stereocenters. The topological polar surface area (TPSA) is 69.7 Å². The molecule has 0 saturated carbocycles. The van der Waals surface area contributed by atoms with Gasteiger partial charge in [0.15, 0.2) is 0 Å². The van der Waals surface area contributed by atoms with Crippen LogP contribution in [0.3, 0.4) is 0 Å². The summed E-state index contributed by atoms with van der Waals surface area (Å²) in [7, 11) is -1.69. The zero-order valence-electron chi connectivity index (χ0n) is 17.0. The number of nitrogens with zero attached hydrogens (tertiary/aromatic N) is 2. The molecular formula is C19H32ClN3O3S. The van der Waals surface area contributed by atoms with Gasteiger partial charge in [0.1, 0.15) is 0 Å². The average molecular weight is 418 g/mol. The van der Waals surface area contributed by atoms with Crippen molar-refractivity contribution in [3.05, 3.63) is 28.3 Å². The summed E-state index contributed by atoms with van der Waals surface area (Å²) < 4.78 is 28.0. The predicted octanol–water partition coefficient (Wildman–Crippen LogP) is 2.17. The van der Waals surface area contributed by atoms with Gasteiger partial charge in [-0.15, -0.1) is 12.4 Å². The van der Waals surface area contributed by atoms with Crippen LogP contribution in [-0.2, 0) is 14.8 Å². The van der Waals surface area contributed by atoms with Crippen molar-refractivity contribution in [2.75, 3.05) is 39.8 Å². The first-order valence-corrected chi connectivity index (χ1v) is 10.6. The zero-order chi connectivity index (χ0) is 19.5. The van der Waals surface area contributed by atoms with E-state index in [-0.39, 0.29) is 18.3 Å². The van der Waals surface area contributed by atoms with Crippen molar-refractivity contribution in [1.82, 2.24) is 14.5 Å². The van der Waals surface area contributed by atoms with E-state index in [9.17, 15) is 13.2 Å². The molecular weight excluding hydrogens is 386 g/mol. The van der Waals surface area contributed by atoms with E-state index in [4.69, 9.17) is 0 Å². The Labute approximate surface area is 169 Å². The van der Waals surface area contributed by atoms with Crippen molar-refractivity contribution in [2.45, 2.75) is 45.4 Å². The summed E-state index contributed by atoms with van der Waals surface area (Å²) in [4.78, 5) is 14.4. The molecule has 1 aromatic carbocycles. The summed E-state index contributed by atoms with van der Waals surface area (Å²) in [5.41, 5.74) is 3.62. The fourth-order valence-electron chi connectivity index (χ4n) is 3.45. The Bertz CT molecular complexity index is 747. The highest BCUT2D eigenvalue weighted by atomic mass is 35.5. The van der Waals surface area contributed by atoms with Crippen LogP contribution in [0.25, 0.3) is 0 Å². The van der Waals surface area contributed by atoms with Crippen molar-refractivity contribution in [3.63, 3.8) is 0 Å². The van der Waals surface area contributed by atoms with E-state index in [0.29, 0.717) is 37.5 Å². The zero-order valence-corrected chi connectivity index (χ0v) is 18.6. The van der Waals surface area contributed by atoms with Crippen LogP contribution in [0.5, 0.6) is 0 Å². The second-order valence-electron chi connectivity index (χ2n) is 7.08. The van der Waals surface area contributed by atoms with Crippen LogP contribution in [0.15, 0.2) is 11.0 Å². The lowest BCUT2D eigenvalue weighted by atomic mass is 10.0.